The summed E-state index contributed by atoms with van der Waals surface area (Å²) < 4.78 is 13.0. The Kier molecular flexibility index (Phi) is 6.34. The monoisotopic (exact) mass is 471 g/mol. The maximum absolute atomic E-state index is 13.3. The molecule has 2 aromatic heterocycles. The number of hydrogen-bond donors (Lipinski definition) is 1. The van der Waals surface area contributed by atoms with Gasteiger partial charge in [0.05, 0.1) is 12.1 Å². The zero-order chi connectivity index (χ0) is 23.8. The predicted molar refractivity (Wildman–Crippen MR) is 129 cm³/mol. The normalized spacial score (nSPS) is 15.1. The summed E-state index contributed by atoms with van der Waals surface area (Å²) in [5, 5.41) is 0. The number of likely N-dealkylation sites (tertiary alicyclic amines) is 1. The highest BCUT2D eigenvalue weighted by atomic mass is 32.1. The number of thiophene rings is 1. The van der Waals surface area contributed by atoms with Crippen LogP contribution in [0.1, 0.15) is 46.6 Å². The first-order chi connectivity index (χ1) is 15.7. The second kappa shape index (κ2) is 9.05. The van der Waals surface area contributed by atoms with E-state index in [2.05, 4.69) is 4.98 Å². The van der Waals surface area contributed by atoms with Crippen molar-refractivity contribution in [2.45, 2.75) is 52.2 Å². The Morgan fingerprint density at radius 2 is 1.88 bits per heavy atom. The Morgan fingerprint density at radius 3 is 2.55 bits per heavy atom. The molecule has 3 heterocycles. The number of nitrogens with one attached hydrogen (secondary N) is 1. The van der Waals surface area contributed by atoms with Crippen LogP contribution in [0, 0.1) is 0 Å². The van der Waals surface area contributed by atoms with Crippen molar-refractivity contribution in [2.75, 3.05) is 19.7 Å². The lowest BCUT2D eigenvalue weighted by atomic mass is 10.1. The number of rotatable bonds is 4. The van der Waals surface area contributed by atoms with Gasteiger partial charge in [-0.05, 0) is 58.7 Å². The molecular formula is C24H29N3O5S. The largest absolute Gasteiger partial charge is 0.493 e. The van der Waals surface area contributed by atoms with Crippen LogP contribution in [0.15, 0.2) is 39.9 Å². The summed E-state index contributed by atoms with van der Waals surface area (Å²) in [7, 11) is 0. The van der Waals surface area contributed by atoms with Crippen LogP contribution in [-0.2, 0) is 4.74 Å². The molecule has 176 valence electrons. The first-order valence-electron chi connectivity index (χ1n) is 11.2. The third-order valence-electron chi connectivity index (χ3n) is 5.54. The van der Waals surface area contributed by atoms with Gasteiger partial charge in [0.1, 0.15) is 16.1 Å². The van der Waals surface area contributed by atoms with E-state index >= 15 is 0 Å². The highest BCUT2D eigenvalue weighted by Crippen LogP contribution is 2.36. The summed E-state index contributed by atoms with van der Waals surface area (Å²) in [5.41, 5.74) is 0.127. The fourth-order valence-electron chi connectivity index (χ4n) is 4.07. The van der Waals surface area contributed by atoms with Crippen molar-refractivity contribution >= 4 is 27.6 Å². The number of amides is 1. The topological polar surface area (TPSA) is 93.6 Å². The van der Waals surface area contributed by atoms with Gasteiger partial charge in [-0.25, -0.2) is 9.59 Å². The molecule has 1 aromatic carbocycles. The van der Waals surface area contributed by atoms with E-state index in [1.165, 1.54) is 15.9 Å². The highest BCUT2D eigenvalue weighted by Gasteiger charge is 2.29. The summed E-state index contributed by atoms with van der Waals surface area (Å²) in [6, 6.07) is 9.21. The summed E-state index contributed by atoms with van der Waals surface area (Å²) in [6.45, 7) is 8.80. The number of carbonyl (C=O) groups is 1. The van der Waals surface area contributed by atoms with E-state index in [4.69, 9.17) is 9.47 Å². The summed E-state index contributed by atoms with van der Waals surface area (Å²) in [6.07, 6.45) is 0.659. The van der Waals surface area contributed by atoms with Gasteiger partial charge in [-0.1, -0.05) is 12.1 Å². The molecule has 8 nitrogen and oxygen atoms in total. The quantitative estimate of drug-likeness (QED) is 0.609. The van der Waals surface area contributed by atoms with Gasteiger partial charge in [-0.2, -0.15) is 0 Å². The zero-order valence-corrected chi connectivity index (χ0v) is 20.2. The third kappa shape index (κ3) is 4.83. The van der Waals surface area contributed by atoms with E-state index < -0.39 is 11.3 Å². The summed E-state index contributed by atoms with van der Waals surface area (Å²) in [5.74, 6) is 0.740. The Labute approximate surface area is 195 Å². The SMILES string of the molecule is CCOc1ccccc1-c1cc2[nH]c(=O)n(C3CCN(C(=O)OC(C)(C)C)CC3)c(=O)c2s1. The lowest BCUT2D eigenvalue weighted by Crippen LogP contribution is -2.46. The molecule has 33 heavy (non-hydrogen) atoms. The average molecular weight is 472 g/mol. The molecule has 0 saturated carbocycles. The van der Waals surface area contributed by atoms with Gasteiger partial charge < -0.3 is 19.4 Å². The molecule has 1 N–H and O–H groups in total. The summed E-state index contributed by atoms with van der Waals surface area (Å²) >= 11 is 1.35. The number of ether oxygens (including phenoxy) is 2. The van der Waals surface area contributed by atoms with Crippen molar-refractivity contribution in [3.05, 3.63) is 51.2 Å². The molecule has 1 saturated heterocycles. The van der Waals surface area contributed by atoms with Gasteiger partial charge in [-0.15, -0.1) is 11.3 Å². The first-order valence-corrected chi connectivity index (χ1v) is 12.0. The highest BCUT2D eigenvalue weighted by molar-refractivity contribution is 7.22. The number of benzene rings is 1. The zero-order valence-electron chi connectivity index (χ0n) is 19.3. The van der Waals surface area contributed by atoms with Crippen LogP contribution < -0.4 is 16.0 Å². The van der Waals surface area contributed by atoms with Crippen LogP contribution in [0.2, 0.25) is 0 Å². The van der Waals surface area contributed by atoms with E-state index in [0.29, 0.717) is 42.8 Å². The van der Waals surface area contributed by atoms with Crippen LogP contribution >= 0.6 is 11.3 Å². The minimum absolute atomic E-state index is 0.273. The number of hydrogen-bond acceptors (Lipinski definition) is 6. The fourth-order valence-corrected chi connectivity index (χ4v) is 5.15. The van der Waals surface area contributed by atoms with Crippen molar-refractivity contribution < 1.29 is 14.3 Å². The second-order valence-electron chi connectivity index (χ2n) is 9.09. The van der Waals surface area contributed by atoms with Gasteiger partial charge >= 0.3 is 11.8 Å². The number of fused-ring (bicyclic) bond motifs is 1. The van der Waals surface area contributed by atoms with Crippen molar-refractivity contribution in [3.63, 3.8) is 0 Å². The van der Waals surface area contributed by atoms with Crippen LogP contribution in [-0.4, -0.2) is 45.8 Å². The van der Waals surface area contributed by atoms with Crippen LogP contribution in [0.5, 0.6) is 5.75 Å². The molecule has 4 rings (SSSR count). The van der Waals surface area contributed by atoms with E-state index in [1.807, 2.05) is 58.0 Å². The fraction of sp³-hybridized carbons (Fsp3) is 0.458. The van der Waals surface area contributed by atoms with E-state index in [0.717, 1.165) is 16.2 Å². The number of para-hydroxylation sites is 1. The lowest BCUT2D eigenvalue weighted by Gasteiger charge is -2.33. The minimum atomic E-state index is -0.565. The smallest absolute Gasteiger partial charge is 0.410 e. The van der Waals surface area contributed by atoms with Gasteiger partial charge in [0, 0.05) is 29.6 Å². The van der Waals surface area contributed by atoms with Crippen LogP contribution in [0.4, 0.5) is 4.79 Å². The van der Waals surface area contributed by atoms with Crippen molar-refractivity contribution in [2.24, 2.45) is 0 Å². The van der Waals surface area contributed by atoms with E-state index in [1.54, 1.807) is 4.90 Å². The van der Waals surface area contributed by atoms with Gasteiger partial charge in [0.2, 0.25) is 0 Å². The second-order valence-corrected chi connectivity index (χ2v) is 10.1. The molecule has 0 spiro atoms. The maximum Gasteiger partial charge on any atom is 0.410 e. The van der Waals surface area contributed by atoms with Crippen molar-refractivity contribution in [3.8, 4) is 16.2 Å². The molecular weight excluding hydrogens is 442 g/mol. The molecule has 9 heteroatoms. The molecule has 3 aromatic rings. The Hall–Kier alpha value is -3.07. The minimum Gasteiger partial charge on any atom is -0.493 e. The standard InChI is InChI=1S/C24H29N3O5S/c1-5-31-18-9-7-6-8-16(18)19-14-17-20(33-19)21(28)27(22(29)25-17)15-10-12-26(13-11-15)23(30)32-24(2,3)4/h6-9,14-15H,5,10-13H2,1-4H3,(H,25,29). The van der Waals surface area contributed by atoms with Crippen molar-refractivity contribution in [1.29, 1.82) is 0 Å². The molecule has 0 aliphatic carbocycles. The predicted octanol–water partition coefficient (Wildman–Crippen LogP) is 4.39. The Balaban J connectivity index is 1.61. The van der Waals surface area contributed by atoms with Crippen molar-refractivity contribution in [1.82, 2.24) is 14.5 Å². The van der Waals surface area contributed by atoms with E-state index in [-0.39, 0.29) is 17.7 Å². The van der Waals surface area contributed by atoms with Gasteiger partial charge in [-0.3, -0.25) is 9.36 Å². The molecule has 0 radical (unpaired) electrons. The lowest BCUT2D eigenvalue weighted by molar-refractivity contribution is 0.0186. The summed E-state index contributed by atoms with van der Waals surface area (Å²) in [4.78, 5) is 43.9. The molecule has 0 atom stereocenters. The molecule has 1 amide bonds. The average Bonchev–Trinajstić information content (AvgIpc) is 3.18. The molecule has 1 aliphatic heterocycles. The molecule has 1 aliphatic rings. The van der Waals surface area contributed by atoms with Gasteiger partial charge in [0.15, 0.2) is 0 Å². The number of aromatic amines is 1. The third-order valence-corrected chi connectivity index (χ3v) is 6.70. The maximum atomic E-state index is 13.3. The molecule has 1 fully saturated rings. The van der Waals surface area contributed by atoms with E-state index in [9.17, 15) is 14.4 Å². The van der Waals surface area contributed by atoms with Gasteiger partial charge in [0.25, 0.3) is 5.56 Å². The number of carbonyl (C=O) groups excluding carboxylic acids is 1. The molecule has 0 unspecified atom stereocenters. The number of piperidine rings is 1. The first kappa shape index (κ1) is 23.1. The van der Waals surface area contributed by atoms with Crippen LogP contribution in [0.25, 0.3) is 20.7 Å². The number of nitrogens with zero attached hydrogens (tertiary/aromatic N) is 2. The van der Waals surface area contributed by atoms with Crippen LogP contribution in [0.3, 0.4) is 0 Å². The Morgan fingerprint density at radius 1 is 1.18 bits per heavy atom. The number of H-pyrrole nitrogens is 1. The Bertz CT molecular complexity index is 1280. The molecule has 0 bridgehead atoms. The number of aromatic nitrogens is 2.